The first-order valence-electron chi connectivity index (χ1n) is 9.83. The fourth-order valence-corrected chi connectivity index (χ4v) is 2.47. The Morgan fingerprint density at radius 2 is 1.03 bits per heavy atom. The fourth-order valence-electron chi connectivity index (χ4n) is 2.47. The van der Waals surface area contributed by atoms with Crippen molar-refractivity contribution in [1.29, 1.82) is 0 Å². The van der Waals surface area contributed by atoms with E-state index in [0.29, 0.717) is 22.6 Å². The minimum Gasteiger partial charge on any atom is -0.577 e. The summed E-state index contributed by atoms with van der Waals surface area (Å²) < 4.78 is 10.0. The number of para-hydroxylation sites is 2. The molecule has 0 aliphatic rings. The first-order chi connectivity index (χ1) is 16.5. The monoisotopic (exact) mass is 520 g/mol. The van der Waals surface area contributed by atoms with Crippen LogP contribution in [-0.4, -0.2) is 44.7 Å². The predicted molar refractivity (Wildman–Crippen MR) is 129 cm³/mol. The van der Waals surface area contributed by atoms with E-state index in [4.69, 9.17) is 19.0 Å². The zero-order chi connectivity index (χ0) is 24.2. The summed E-state index contributed by atoms with van der Waals surface area (Å²) in [6.07, 6.45) is 5.84. The molecule has 0 spiro atoms. The molecule has 0 amide bonds. The maximum atomic E-state index is 9.49. The summed E-state index contributed by atoms with van der Waals surface area (Å²) >= 11 is 0. The molecule has 0 aliphatic heterocycles. The molecule has 4 aromatic rings. The van der Waals surface area contributed by atoms with Crippen LogP contribution >= 0.6 is 0 Å². The van der Waals surface area contributed by atoms with Crippen LogP contribution in [0.5, 0.6) is 11.5 Å². The molecule has 0 aliphatic carbocycles. The van der Waals surface area contributed by atoms with Crippen LogP contribution < -0.4 is 0 Å². The van der Waals surface area contributed by atoms with E-state index in [0.717, 1.165) is 0 Å². The minimum absolute atomic E-state index is 0. The third-order valence-electron chi connectivity index (χ3n) is 4.09. The maximum Gasteiger partial charge on any atom is 2.00 e. The Bertz CT molecular complexity index is 1200. The molecule has 0 atom stereocenters. The molecule has 0 fully saturated rings. The topological polar surface area (TPSA) is 162 Å². The van der Waals surface area contributed by atoms with Gasteiger partial charge in [0.2, 0.25) is 0 Å². The van der Waals surface area contributed by atoms with Crippen LogP contribution in [0.1, 0.15) is 22.6 Å². The van der Waals surface area contributed by atoms with Crippen LogP contribution in [0.15, 0.2) is 115 Å². The van der Waals surface area contributed by atoms with Gasteiger partial charge in [-0.1, -0.05) is 34.5 Å². The fraction of sp³-hybridized carbons (Fsp3) is 0. The van der Waals surface area contributed by atoms with Crippen molar-refractivity contribution in [2.45, 2.75) is 0 Å². The van der Waals surface area contributed by atoms with E-state index in [2.05, 4.69) is 20.4 Å². The molecule has 2 heterocycles. The van der Waals surface area contributed by atoms with Crippen LogP contribution in [0.2, 0.25) is 0 Å². The molecule has 0 radical (unpaired) electrons. The van der Waals surface area contributed by atoms with Gasteiger partial charge in [-0.15, -0.1) is 10.2 Å². The van der Waals surface area contributed by atoms with Crippen molar-refractivity contribution >= 4 is 24.2 Å². The average molecular weight is 521 g/mol. The van der Waals surface area contributed by atoms with Crippen molar-refractivity contribution in [2.75, 3.05) is 0 Å². The van der Waals surface area contributed by atoms with Crippen LogP contribution in [0.25, 0.3) is 0 Å². The van der Waals surface area contributed by atoms with Crippen molar-refractivity contribution < 1.29 is 45.8 Å². The molecule has 11 heteroatoms. The second-order valence-corrected chi connectivity index (χ2v) is 6.45. The molecule has 4 rings (SSSR count). The zero-order valence-corrected chi connectivity index (χ0v) is 19.0. The molecule has 35 heavy (non-hydrogen) atoms. The quantitative estimate of drug-likeness (QED) is 0.131. The summed E-state index contributed by atoms with van der Waals surface area (Å²) in [6.45, 7) is 0. The summed E-state index contributed by atoms with van der Waals surface area (Å²) in [6, 6.07) is 19.9. The normalized spacial score (nSPS) is 11.8. The summed E-state index contributed by atoms with van der Waals surface area (Å²) in [4.78, 5) is 0. The smallest absolute Gasteiger partial charge is 0.577 e. The summed E-state index contributed by atoms with van der Waals surface area (Å²) in [7, 11) is 0. The van der Waals surface area contributed by atoms with Crippen LogP contribution in [0.4, 0.5) is 0 Å². The third-order valence-corrected chi connectivity index (χ3v) is 4.09. The average Bonchev–Trinajstić information content (AvgIpc) is 3.55. The van der Waals surface area contributed by atoms with Crippen molar-refractivity contribution in [3.05, 3.63) is 108 Å². The van der Waals surface area contributed by atoms with Gasteiger partial charge in [0, 0.05) is 0 Å². The predicted octanol–water partition coefficient (Wildman–Crippen LogP) is 2.98. The number of aromatic hydroxyl groups is 2. The second kappa shape index (κ2) is 13.8. The molecule has 0 saturated heterocycles. The number of phenolic OH excluding ortho intramolecular Hbond substituents is 2. The number of hydrogen-bond acceptors (Lipinski definition) is 8. The van der Waals surface area contributed by atoms with Gasteiger partial charge >= 0.3 is 28.3 Å². The molecule has 10 nitrogen and oxygen atoms in total. The van der Waals surface area contributed by atoms with Crippen LogP contribution in [0, 0.1) is 0 Å². The maximum absolute atomic E-state index is 9.49. The summed E-state index contributed by atoms with van der Waals surface area (Å²) in [5.74, 6) is 0.915. The van der Waals surface area contributed by atoms with E-state index in [1.54, 1.807) is 60.7 Å². The van der Waals surface area contributed by atoms with Crippen molar-refractivity contribution in [3.63, 3.8) is 0 Å². The van der Waals surface area contributed by atoms with Gasteiger partial charge in [0.05, 0.1) is 25.0 Å². The first kappa shape index (κ1) is 26.6. The van der Waals surface area contributed by atoms with E-state index in [9.17, 15) is 10.2 Å². The van der Waals surface area contributed by atoms with Crippen molar-refractivity contribution in [2.24, 2.45) is 20.4 Å². The van der Waals surface area contributed by atoms with Gasteiger partial charge in [-0.2, -0.15) is 0 Å². The van der Waals surface area contributed by atoms with E-state index in [1.807, 2.05) is 0 Å². The van der Waals surface area contributed by atoms with Gasteiger partial charge in [-0.25, -0.2) is 0 Å². The second-order valence-electron chi connectivity index (χ2n) is 6.45. The largest absolute Gasteiger partial charge is 2.00 e. The van der Waals surface area contributed by atoms with Crippen molar-refractivity contribution in [3.8, 4) is 11.5 Å². The molecule has 180 valence electrons. The molecule has 0 unspecified atom stereocenters. The third kappa shape index (κ3) is 8.34. The minimum atomic E-state index is -0.106. The molecule has 6 N–H and O–H groups in total. The number of rotatable bonds is 6. The molecule has 2 aromatic heterocycles. The first-order valence-corrected chi connectivity index (χ1v) is 9.83. The molecular formula is C24H22N4NiO6+4. The molecule has 0 saturated carbocycles. The van der Waals surface area contributed by atoms with E-state index in [-0.39, 0.29) is 39.8 Å². The Morgan fingerprint density at radius 1 is 0.629 bits per heavy atom. The molecule has 0 bridgehead atoms. The number of hydrogen-bond donors (Lipinski definition) is 2. The van der Waals surface area contributed by atoms with Gasteiger partial charge in [-0.3, -0.25) is 0 Å². The summed E-state index contributed by atoms with van der Waals surface area (Å²) in [5, 5.41) is 49.0. The number of phenols is 2. The van der Waals surface area contributed by atoms with Gasteiger partial charge in [0.25, 0.3) is 0 Å². The Morgan fingerprint density at radius 3 is 1.37 bits per heavy atom. The van der Waals surface area contributed by atoms with Crippen molar-refractivity contribution in [1.82, 2.24) is 0 Å². The van der Waals surface area contributed by atoms with Crippen LogP contribution in [0.3, 0.4) is 0 Å². The SMILES string of the molecule is Oc1ccccc1/C([OH2+])=N/N=Cc1ccco1.Oc1ccccc1/C([OH2+])=N/N=Cc1ccco1.[Ni+2]. The zero-order valence-electron chi connectivity index (χ0n) is 18.1. The van der Waals surface area contributed by atoms with Gasteiger partial charge < -0.3 is 29.3 Å². The Balaban J connectivity index is 0.000000240. The molecule has 2 aromatic carbocycles. The summed E-state index contributed by atoms with van der Waals surface area (Å²) in [5.41, 5.74) is 0.674. The van der Waals surface area contributed by atoms with Gasteiger partial charge in [0.15, 0.2) is 0 Å². The standard InChI is InChI=1S/2C12H10N2O3.Ni/c2*15-11-6-2-1-5-10(11)12(16)14-13-8-9-4-3-7-17-9;/h2*1-8,15H,(H,14,16);/q;;+2/p+2. The Kier molecular flexibility index (Phi) is 10.5. The van der Waals surface area contributed by atoms with Gasteiger partial charge in [-0.05, 0) is 48.5 Å². The number of nitrogens with zero attached hydrogens (tertiary/aromatic N) is 4. The number of benzene rings is 2. The van der Waals surface area contributed by atoms with E-state index in [1.165, 1.54) is 37.1 Å². The van der Waals surface area contributed by atoms with E-state index >= 15 is 0 Å². The molecular weight excluding hydrogens is 499 g/mol. The number of furan rings is 2. The van der Waals surface area contributed by atoms with E-state index < -0.39 is 0 Å². The Hall–Kier alpha value is -4.63. The van der Waals surface area contributed by atoms with Gasteiger partial charge in [0.1, 0.15) is 34.1 Å². The van der Waals surface area contributed by atoms with Crippen LogP contribution in [-0.2, 0) is 16.5 Å². The Labute approximate surface area is 209 Å².